The van der Waals surface area contributed by atoms with Crippen molar-refractivity contribution < 1.29 is 4.42 Å². The topological polar surface area (TPSA) is 43.0 Å². The maximum absolute atomic E-state index is 5.55. The van der Waals surface area contributed by atoms with Gasteiger partial charge in [-0.2, -0.15) is 5.10 Å². The first-order chi connectivity index (χ1) is 8.46. The van der Waals surface area contributed by atoms with Gasteiger partial charge in [-0.1, -0.05) is 0 Å². The Morgan fingerprint density at radius 1 is 1.33 bits per heavy atom. The molecule has 0 unspecified atom stereocenters. The molecule has 0 aliphatic heterocycles. The van der Waals surface area contributed by atoms with E-state index in [1.807, 2.05) is 23.0 Å². The van der Waals surface area contributed by atoms with E-state index in [4.69, 9.17) is 4.42 Å². The van der Waals surface area contributed by atoms with E-state index in [0.717, 1.165) is 24.5 Å². The number of hydrogen-bond acceptors (Lipinski definition) is 3. The molecule has 4 nitrogen and oxygen atoms in total. The molecule has 0 fully saturated rings. The average Bonchev–Trinajstić information content (AvgIpc) is 2.86. The van der Waals surface area contributed by atoms with E-state index in [9.17, 15) is 0 Å². The summed E-state index contributed by atoms with van der Waals surface area (Å²) in [6, 6.07) is 4.02. The molecule has 1 N–H and O–H groups in total. The Morgan fingerprint density at radius 3 is 2.72 bits per heavy atom. The highest BCUT2D eigenvalue weighted by Gasteiger charge is 2.13. The molecular weight excluding hydrogens is 226 g/mol. The van der Waals surface area contributed by atoms with Gasteiger partial charge >= 0.3 is 0 Å². The fourth-order valence-corrected chi connectivity index (χ4v) is 1.73. The van der Waals surface area contributed by atoms with Crippen LogP contribution in [0.1, 0.15) is 37.8 Å². The van der Waals surface area contributed by atoms with Crippen LogP contribution in [0.5, 0.6) is 0 Å². The molecule has 2 aromatic heterocycles. The van der Waals surface area contributed by atoms with Crippen LogP contribution in [-0.4, -0.2) is 15.3 Å². The fraction of sp³-hybridized carbons (Fsp3) is 0.500. The zero-order chi connectivity index (χ0) is 13.2. The summed E-state index contributed by atoms with van der Waals surface area (Å²) >= 11 is 0. The maximum Gasteiger partial charge on any atom is 0.122 e. The highest BCUT2D eigenvalue weighted by Crippen LogP contribution is 2.14. The van der Waals surface area contributed by atoms with Gasteiger partial charge < -0.3 is 9.73 Å². The second-order valence-electron chi connectivity index (χ2n) is 5.60. The zero-order valence-electron chi connectivity index (χ0n) is 11.5. The van der Waals surface area contributed by atoms with Crippen molar-refractivity contribution in [3.63, 3.8) is 0 Å². The Hall–Kier alpha value is -1.55. The summed E-state index contributed by atoms with van der Waals surface area (Å²) < 4.78 is 7.52. The molecule has 2 aromatic rings. The van der Waals surface area contributed by atoms with Crippen molar-refractivity contribution in [2.75, 3.05) is 0 Å². The molecule has 2 heterocycles. The molecule has 2 rings (SSSR count). The van der Waals surface area contributed by atoms with Crippen LogP contribution in [0.25, 0.3) is 0 Å². The highest BCUT2D eigenvalue weighted by molar-refractivity contribution is 5.18. The minimum atomic E-state index is 0.0890. The summed E-state index contributed by atoms with van der Waals surface area (Å²) in [4.78, 5) is 0. The lowest BCUT2D eigenvalue weighted by Crippen LogP contribution is -2.35. The molecule has 0 aliphatic rings. The van der Waals surface area contributed by atoms with Gasteiger partial charge in [0.15, 0.2) is 0 Å². The molecule has 0 saturated heterocycles. The van der Waals surface area contributed by atoms with Crippen molar-refractivity contribution in [1.29, 1.82) is 0 Å². The quantitative estimate of drug-likeness (QED) is 0.903. The Labute approximate surface area is 108 Å². The summed E-state index contributed by atoms with van der Waals surface area (Å²) in [6.07, 6.45) is 3.57. The molecule has 18 heavy (non-hydrogen) atoms. The molecule has 0 aliphatic carbocycles. The zero-order valence-corrected chi connectivity index (χ0v) is 11.5. The van der Waals surface area contributed by atoms with Crippen LogP contribution in [0, 0.1) is 6.92 Å². The predicted molar refractivity (Wildman–Crippen MR) is 71.4 cm³/mol. The number of hydrogen-bond donors (Lipinski definition) is 1. The van der Waals surface area contributed by atoms with Crippen molar-refractivity contribution in [3.05, 3.63) is 41.6 Å². The normalized spacial score (nSPS) is 12.0. The van der Waals surface area contributed by atoms with Gasteiger partial charge in [-0.25, -0.2) is 0 Å². The van der Waals surface area contributed by atoms with E-state index < -0.39 is 0 Å². The van der Waals surface area contributed by atoms with E-state index in [-0.39, 0.29) is 5.54 Å². The molecule has 0 aromatic carbocycles. The number of nitrogens with zero attached hydrogens (tertiary/aromatic N) is 2. The molecule has 0 amide bonds. The predicted octanol–water partition coefficient (Wildman–Crippen LogP) is 2.72. The molecule has 0 radical (unpaired) electrons. The third-order valence-electron chi connectivity index (χ3n) is 2.87. The molecular formula is C14H21N3O. The van der Waals surface area contributed by atoms with Crippen molar-refractivity contribution in [2.24, 2.45) is 0 Å². The van der Waals surface area contributed by atoms with Gasteiger partial charge in [0.05, 0.1) is 19.4 Å². The van der Waals surface area contributed by atoms with Gasteiger partial charge in [0.1, 0.15) is 5.76 Å². The van der Waals surface area contributed by atoms with Crippen LogP contribution in [0.2, 0.25) is 0 Å². The van der Waals surface area contributed by atoms with Crippen molar-refractivity contribution in [1.82, 2.24) is 15.1 Å². The number of furan rings is 1. The first kappa shape index (κ1) is 12.9. The van der Waals surface area contributed by atoms with Crippen molar-refractivity contribution in [2.45, 2.75) is 46.3 Å². The SMILES string of the molecule is Cc1ccnn1Cc1ccoc1CNC(C)(C)C. The van der Waals surface area contributed by atoms with Gasteiger partial charge in [0.2, 0.25) is 0 Å². The van der Waals surface area contributed by atoms with E-state index in [2.05, 4.69) is 38.1 Å². The number of rotatable bonds is 4. The molecule has 4 heteroatoms. The van der Waals surface area contributed by atoms with Crippen LogP contribution in [0.4, 0.5) is 0 Å². The third-order valence-corrected chi connectivity index (χ3v) is 2.87. The first-order valence-corrected chi connectivity index (χ1v) is 6.24. The van der Waals surface area contributed by atoms with Crippen LogP contribution in [0.3, 0.4) is 0 Å². The van der Waals surface area contributed by atoms with Crippen LogP contribution >= 0.6 is 0 Å². The minimum absolute atomic E-state index is 0.0890. The van der Waals surface area contributed by atoms with Crippen molar-refractivity contribution in [3.8, 4) is 0 Å². The van der Waals surface area contributed by atoms with Gasteiger partial charge in [-0.05, 0) is 39.8 Å². The summed E-state index contributed by atoms with van der Waals surface area (Å²) in [5.41, 5.74) is 2.43. The highest BCUT2D eigenvalue weighted by atomic mass is 16.3. The summed E-state index contributed by atoms with van der Waals surface area (Å²) in [6.45, 7) is 10.00. The summed E-state index contributed by atoms with van der Waals surface area (Å²) in [5.74, 6) is 0.986. The Balaban J connectivity index is 2.06. The second kappa shape index (κ2) is 4.98. The number of aryl methyl sites for hydroxylation is 1. The largest absolute Gasteiger partial charge is 0.468 e. The minimum Gasteiger partial charge on any atom is -0.468 e. The Kier molecular flexibility index (Phi) is 3.57. The van der Waals surface area contributed by atoms with Crippen molar-refractivity contribution >= 4 is 0 Å². The third kappa shape index (κ3) is 3.23. The van der Waals surface area contributed by atoms with Gasteiger partial charge in [-0.3, -0.25) is 4.68 Å². The smallest absolute Gasteiger partial charge is 0.122 e. The molecule has 0 spiro atoms. The monoisotopic (exact) mass is 247 g/mol. The van der Waals surface area contributed by atoms with Gasteiger partial charge in [-0.15, -0.1) is 0 Å². The average molecular weight is 247 g/mol. The summed E-state index contributed by atoms with van der Waals surface area (Å²) in [7, 11) is 0. The number of nitrogens with one attached hydrogen (secondary N) is 1. The molecule has 0 bridgehead atoms. The Bertz CT molecular complexity index is 505. The molecule has 0 atom stereocenters. The number of aromatic nitrogens is 2. The lowest BCUT2D eigenvalue weighted by molar-refractivity contribution is 0.385. The van der Waals surface area contributed by atoms with Gasteiger partial charge in [0, 0.05) is 23.0 Å². The Morgan fingerprint density at radius 2 is 2.11 bits per heavy atom. The summed E-state index contributed by atoms with van der Waals surface area (Å²) in [5, 5.41) is 7.73. The fourth-order valence-electron chi connectivity index (χ4n) is 1.73. The van der Waals surface area contributed by atoms with Crippen LogP contribution < -0.4 is 5.32 Å². The van der Waals surface area contributed by atoms with Crippen LogP contribution in [0.15, 0.2) is 29.0 Å². The standard InChI is InChI=1S/C14H21N3O/c1-11-5-7-16-17(11)10-12-6-8-18-13(12)9-15-14(2,3)4/h5-8,15H,9-10H2,1-4H3. The first-order valence-electron chi connectivity index (χ1n) is 6.24. The van der Waals surface area contributed by atoms with E-state index >= 15 is 0 Å². The van der Waals surface area contributed by atoms with E-state index in [1.165, 1.54) is 5.56 Å². The molecule has 0 saturated carbocycles. The lowest BCUT2D eigenvalue weighted by atomic mass is 10.1. The van der Waals surface area contributed by atoms with E-state index in [1.54, 1.807) is 6.26 Å². The maximum atomic E-state index is 5.55. The van der Waals surface area contributed by atoms with E-state index in [0.29, 0.717) is 0 Å². The second-order valence-corrected chi connectivity index (χ2v) is 5.60. The van der Waals surface area contributed by atoms with Crippen LogP contribution in [-0.2, 0) is 13.1 Å². The lowest BCUT2D eigenvalue weighted by Gasteiger charge is -2.20. The molecule has 98 valence electrons. The van der Waals surface area contributed by atoms with Gasteiger partial charge in [0.25, 0.3) is 0 Å².